The number of aliphatic hydroxyl groups is 1. The molecule has 0 aliphatic carbocycles. The minimum Gasteiger partial charge on any atom is -0.496 e. The van der Waals surface area contributed by atoms with Gasteiger partial charge in [0.1, 0.15) is 28.9 Å². The minimum absolute atomic E-state index is 0.261. The second kappa shape index (κ2) is 6.60. The number of aromatic nitrogens is 2. The summed E-state index contributed by atoms with van der Waals surface area (Å²) in [5, 5.41) is 15.6. The zero-order valence-corrected chi connectivity index (χ0v) is 17.6. The first-order valence-electron chi connectivity index (χ1n) is 8.93. The van der Waals surface area contributed by atoms with Crippen LogP contribution in [0.1, 0.15) is 23.2 Å². The number of hydrogen-bond donors (Lipinski definition) is 2. The van der Waals surface area contributed by atoms with Crippen molar-refractivity contribution in [3.05, 3.63) is 29.2 Å². The van der Waals surface area contributed by atoms with Crippen LogP contribution in [-0.2, 0) is 9.84 Å². The van der Waals surface area contributed by atoms with Gasteiger partial charge in [0.25, 0.3) is 0 Å². The molecular weight excluding hydrogens is 396 g/mol. The van der Waals surface area contributed by atoms with Crippen LogP contribution in [0.15, 0.2) is 21.6 Å². The summed E-state index contributed by atoms with van der Waals surface area (Å²) in [7, 11) is -0.111. The number of rotatable bonds is 4. The van der Waals surface area contributed by atoms with Gasteiger partial charge in [-0.1, -0.05) is 5.16 Å². The first-order chi connectivity index (χ1) is 13.6. The molecule has 29 heavy (non-hydrogen) atoms. The molecule has 0 bridgehead atoms. The predicted octanol–water partition coefficient (Wildman–Crippen LogP) is 2.46. The monoisotopic (exact) mass is 418 g/mol. The maximum Gasteiger partial charge on any atom is 0.158 e. The van der Waals surface area contributed by atoms with Gasteiger partial charge in [-0.2, -0.15) is 0 Å². The van der Waals surface area contributed by atoms with Crippen molar-refractivity contribution in [2.45, 2.75) is 20.1 Å². The number of sulfone groups is 1. The van der Waals surface area contributed by atoms with E-state index in [4.69, 9.17) is 9.26 Å². The van der Waals surface area contributed by atoms with Gasteiger partial charge in [0.2, 0.25) is 0 Å². The number of aliphatic hydroxyl groups excluding tert-OH is 1. The Hall–Kier alpha value is -2.85. The molecule has 1 atom stereocenters. The molecule has 4 rings (SSSR count). The van der Waals surface area contributed by atoms with Gasteiger partial charge in [-0.25, -0.2) is 13.4 Å². The fourth-order valence-electron chi connectivity index (χ4n) is 3.72. The third-order valence-corrected chi connectivity index (χ3v) is 5.89. The van der Waals surface area contributed by atoms with Crippen molar-refractivity contribution in [2.75, 3.05) is 26.2 Å². The van der Waals surface area contributed by atoms with E-state index in [9.17, 15) is 13.5 Å². The molecule has 3 heterocycles. The second-order valence-electron chi connectivity index (χ2n) is 7.27. The number of aliphatic imine (C=N–C) groups is 1. The number of ether oxygens (including phenoxy) is 1. The van der Waals surface area contributed by atoms with Crippen LogP contribution in [0.25, 0.3) is 22.0 Å². The molecule has 0 fully saturated rings. The Kier molecular flexibility index (Phi) is 4.43. The zero-order valence-electron chi connectivity index (χ0n) is 16.8. The van der Waals surface area contributed by atoms with Crippen LogP contribution in [0.5, 0.6) is 5.75 Å². The molecule has 1 unspecified atom stereocenters. The van der Waals surface area contributed by atoms with Crippen molar-refractivity contribution in [3.8, 4) is 16.9 Å². The maximum atomic E-state index is 11.7. The molecule has 0 spiro atoms. The van der Waals surface area contributed by atoms with Crippen molar-refractivity contribution < 1.29 is 22.8 Å². The van der Waals surface area contributed by atoms with Crippen molar-refractivity contribution in [1.82, 2.24) is 15.0 Å². The topological polar surface area (TPSA) is 121 Å². The lowest BCUT2D eigenvalue weighted by atomic mass is 10.00. The van der Waals surface area contributed by atoms with Gasteiger partial charge < -0.3 is 24.3 Å². The molecular formula is C19H22N4O5S. The van der Waals surface area contributed by atoms with E-state index >= 15 is 0 Å². The van der Waals surface area contributed by atoms with Gasteiger partial charge in [0.05, 0.1) is 23.9 Å². The van der Waals surface area contributed by atoms with E-state index in [1.807, 2.05) is 26.0 Å². The lowest BCUT2D eigenvalue weighted by Gasteiger charge is -2.30. The summed E-state index contributed by atoms with van der Waals surface area (Å²) in [6, 6.07) is 3.73. The summed E-state index contributed by atoms with van der Waals surface area (Å²) in [5.74, 6) is 1.72. The number of hydrogen-bond acceptors (Lipinski definition) is 8. The van der Waals surface area contributed by atoms with E-state index in [0.717, 1.165) is 34.0 Å². The van der Waals surface area contributed by atoms with Crippen LogP contribution < -0.4 is 4.74 Å². The summed E-state index contributed by atoms with van der Waals surface area (Å²) < 4.78 is 34.4. The number of fused-ring (bicyclic) bond motifs is 3. The molecule has 0 saturated carbocycles. The lowest BCUT2D eigenvalue weighted by Crippen LogP contribution is -2.37. The average molecular weight is 418 g/mol. The van der Waals surface area contributed by atoms with Gasteiger partial charge in [0, 0.05) is 29.8 Å². The lowest BCUT2D eigenvalue weighted by molar-refractivity contribution is 0.0683. The molecule has 9 nitrogen and oxygen atoms in total. The Bertz CT molecular complexity index is 1240. The highest BCUT2D eigenvalue weighted by Gasteiger charge is 2.31. The highest BCUT2D eigenvalue weighted by Crippen LogP contribution is 2.43. The molecule has 1 aromatic carbocycles. The van der Waals surface area contributed by atoms with E-state index in [1.165, 1.54) is 4.90 Å². The van der Waals surface area contributed by atoms with Crippen molar-refractivity contribution in [1.29, 1.82) is 0 Å². The Morgan fingerprint density at radius 2 is 2.07 bits per heavy atom. The zero-order chi connectivity index (χ0) is 21.1. The molecule has 2 N–H and O–H groups in total. The summed E-state index contributed by atoms with van der Waals surface area (Å²) >= 11 is 0. The van der Waals surface area contributed by atoms with Crippen molar-refractivity contribution in [2.24, 2.45) is 4.99 Å². The number of nitrogens with zero attached hydrogens (tertiary/aromatic N) is 3. The summed E-state index contributed by atoms with van der Waals surface area (Å²) in [6.45, 7) is 3.69. The molecule has 2 aromatic heterocycles. The number of nitrogens with one attached hydrogen (secondary N) is 1. The van der Waals surface area contributed by atoms with Gasteiger partial charge in [0.15, 0.2) is 16.1 Å². The van der Waals surface area contributed by atoms with Gasteiger partial charge >= 0.3 is 0 Å². The van der Waals surface area contributed by atoms with Crippen LogP contribution in [0.2, 0.25) is 0 Å². The predicted molar refractivity (Wildman–Crippen MR) is 109 cm³/mol. The third kappa shape index (κ3) is 3.18. The standard InChI is InChI=1S/C19H22N4O5S/c1-9-16(10(2)28-22-9)12-6-13-11(7-14(12)27-4)17-18(20-13)21-15(8-29(5,25)26)23(3)19(17)24/h6-7,19-20,24H,8H2,1-5H3. The van der Waals surface area contributed by atoms with Crippen molar-refractivity contribution in [3.63, 3.8) is 0 Å². The highest BCUT2D eigenvalue weighted by atomic mass is 32.2. The number of amidine groups is 1. The first-order valence-corrected chi connectivity index (χ1v) is 11.0. The van der Waals surface area contributed by atoms with Crippen LogP contribution >= 0.6 is 0 Å². The molecule has 1 aliphatic rings. The molecule has 0 amide bonds. The van der Waals surface area contributed by atoms with Crippen molar-refractivity contribution >= 4 is 32.4 Å². The fourth-order valence-corrected chi connectivity index (χ4v) is 4.46. The second-order valence-corrected chi connectivity index (χ2v) is 9.41. The molecule has 154 valence electrons. The van der Waals surface area contributed by atoms with E-state index in [-0.39, 0.29) is 11.6 Å². The van der Waals surface area contributed by atoms with Crippen LogP contribution in [0.3, 0.4) is 0 Å². The Labute approximate surface area is 167 Å². The van der Waals surface area contributed by atoms with E-state index in [0.29, 0.717) is 22.9 Å². The first kappa shape index (κ1) is 19.5. The molecule has 0 radical (unpaired) electrons. The number of methoxy groups -OCH3 is 1. The number of benzene rings is 1. The number of aromatic amines is 1. The smallest absolute Gasteiger partial charge is 0.158 e. The van der Waals surface area contributed by atoms with Crippen LogP contribution in [0, 0.1) is 13.8 Å². The average Bonchev–Trinajstić information content (AvgIpc) is 3.15. The molecule has 0 saturated heterocycles. The van der Waals surface area contributed by atoms with Crippen LogP contribution in [-0.4, -0.2) is 60.6 Å². The van der Waals surface area contributed by atoms with Gasteiger partial charge in [-0.05, 0) is 26.0 Å². The maximum absolute atomic E-state index is 11.7. The Morgan fingerprint density at radius 3 is 2.66 bits per heavy atom. The fraction of sp³-hybridized carbons (Fsp3) is 0.368. The number of aryl methyl sites for hydroxylation is 2. The van der Waals surface area contributed by atoms with E-state index < -0.39 is 16.1 Å². The molecule has 10 heteroatoms. The quantitative estimate of drug-likeness (QED) is 0.667. The Morgan fingerprint density at radius 1 is 1.34 bits per heavy atom. The normalized spacial score (nSPS) is 16.8. The SMILES string of the molecule is COc1cc2c3c([nH]c2cc1-c1c(C)noc1C)N=C(CS(C)(=O)=O)N(C)C3O. The van der Waals surface area contributed by atoms with Gasteiger partial charge in [-0.3, -0.25) is 0 Å². The largest absolute Gasteiger partial charge is 0.496 e. The summed E-state index contributed by atoms with van der Waals surface area (Å²) in [6.07, 6.45) is 0.0969. The summed E-state index contributed by atoms with van der Waals surface area (Å²) in [4.78, 5) is 9.12. The third-order valence-electron chi connectivity index (χ3n) is 5.11. The highest BCUT2D eigenvalue weighted by molar-refractivity contribution is 7.91. The van der Waals surface area contributed by atoms with Crippen LogP contribution in [0.4, 0.5) is 5.82 Å². The van der Waals surface area contributed by atoms with E-state index in [1.54, 1.807) is 14.2 Å². The number of H-pyrrole nitrogens is 1. The van der Waals surface area contributed by atoms with E-state index in [2.05, 4.69) is 15.1 Å². The van der Waals surface area contributed by atoms with Gasteiger partial charge in [-0.15, -0.1) is 0 Å². The Balaban J connectivity index is 1.94. The summed E-state index contributed by atoms with van der Waals surface area (Å²) in [5.41, 5.74) is 3.70. The molecule has 3 aromatic rings. The minimum atomic E-state index is -3.30. The molecule has 1 aliphatic heterocycles.